The molecule has 0 amide bonds. The van der Waals surface area contributed by atoms with Gasteiger partial charge in [-0.1, -0.05) is 41.9 Å². The Hall–Kier alpha value is -2.03. The van der Waals surface area contributed by atoms with Crippen LogP contribution in [0.25, 0.3) is 0 Å². The van der Waals surface area contributed by atoms with Crippen molar-refractivity contribution in [3.8, 4) is 0 Å². The second-order valence-electron chi connectivity index (χ2n) is 5.04. The third-order valence-corrected chi connectivity index (χ3v) is 4.35. The molecule has 1 heterocycles. The van der Waals surface area contributed by atoms with Gasteiger partial charge in [-0.05, 0) is 18.9 Å². The van der Waals surface area contributed by atoms with Gasteiger partial charge in [-0.3, -0.25) is 4.72 Å². The number of sulfonamides is 1. The maximum absolute atomic E-state index is 12.8. The molecule has 0 aliphatic rings. The highest BCUT2D eigenvalue weighted by molar-refractivity contribution is 7.91. The summed E-state index contributed by atoms with van der Waals surface area (Å²) < 4.78 is 69.1. The molecule has 0 radical (unpaired) electrons. The number of anilines is 1. The van der Waals surface area contributed by atoms with Crippen LogP contribution in [0.2, 0.25) is 0 Å². The molecule has 0 saturated carbocycles. The predicted molar refractivity (Wildman–Crippen MR) is 78.3 cm³/mol. The molecule has 0 unspecified atom stereocenters. The molecule has 0 aliphatic carbocycles. The lowest BCUT2D eigenvalue weighted by Crippen LogP contribution is -2.16. The average Bonchev–Trinajstić information content (AvgIpc) is 2.83. The molecule has 1 aromatic heterocycles. The molecule has 126 valence electrons. The Morgan fingerprint density at radius 1 is 1.22 bits per heavy atom. The van der Waals surface area contributed by atoms with Gasteiger partial charge < -0.3 is 4.52 Å². The summed E-state index contributed by atoms with van der Waals surface area (Å²) in [4.78, 5) is 0. The van der Waals surface area contributed by atoms with Crippen LogP contribution in [0, 0.1) is 6.92 Å². The van der Waals surface area contributed by atoms with Gasteiger partial charge in [0.2, 0.25) is 15.9 Å². The summed E-state index contributed by atoms with van der Waals surface area (Å²) in [6, 6.07) is 6.77. The fourth-order valence-corrected chi connectivity index (χ4v) is 3.17. The first kappa shape index (κ1) is 17.3. The Balaban J connectivity index is 2.24. The Morgan fingerprint density at radius 3 is 2.35 bits per heavy atom. The third-order valence-electron chi connectivity index (χ3n) is 3.14. The van der Waals surface area contributed by atoms with Crippen LogP contribution < -0.4 is 4.72 Å². The van der Waals surface area contributed by atoms with E-state index in [1.807, 2.05) is 11.6 Å². The van der Waals surface area contributed by atoms with Gasteiger partial charge in [0.25, 0.3) is 0 Å². The second-order valence-corrected chi connectivity index (χ2v) is 6.76. The fourth-order valence-electron chi connectivity index (χ4n) is 2.02. The fraction of sp³-hybridized carbons (Fsp3) is 0.357. The largest absolute Gasteiger partial charge is 0.437 e. The van der Waals surface area contributed by atoms with Crippen LogP contribution in [0.3, 0.4) is 0 Å². The van der Waals surface area contributed by atoms with E-state index in [1.165, 1.54) is 6.92 Å². The molecule has 0 fully saturated rings. The van der Waals surface area contributed by atoms with E-state index in [9.17, 15) is 21.6 Å². The zero-order valence-electron chi connectivity index (χ0n) is 12.4. The summed E-state index contributed by atoms with van der Waals surface area (Å²) in [5.74, 6) is -0.870. The van der Waals surface area contributed by atoms with E-state index in [1.54, 1.807) is 24.3 Å². The van der Waals surface area contributed by atoms with Crippen LogP contribution in [0.4, 0.5) is 19.1 Å². The number of alkyl halides is 3. The molecule has 2 rings (SSSR count). The molecule has 23 heavy (non-hydrogen) atoms. The van der Waals surface area contributed by atoms with E-state index in [2.05, 4.69) is 9.68 Å². The predicted octanol–water partition coefficient (Wildman–Crippen LogP) is 3.51. The number of rotatable bonds is 5. The van der Waals surface area contributed by atoms with E-state index >= 15 is 0 Å². The van der Waals surface area contributed by atoms with E-state index in [0.717, 1.165) is 5.56 Å². The van der Waals surface area contributed by atoms with Gasteiger partial charge in [0.15, 0.2) is 5.69 Å². The molecule has 0 atom stereocenters. The lowest BCUT2D eigenvalue weighted by Gasteiger charge is -2.08. The topological polar surface area (TPSA) is 72.2 Å². The SMILES string of the molecule is CCc1c(C(F)(F)F)noc1NS(=O)(=O)Cc1ccc(C)cc1. The van der Waals surface area contributed by atoms with Crippen molar-refractivity contribution in [1.29, 1.82) is 0 Å². The standard InChI is InChI=1S/C14H15F3N2O3S/c1-3-11-12(14(15,16)17)18-22-13(11)19-23(20,21)8-10-6-4-9(2)5-7-10/h4-7,19H,3,8H2,1-2H3. The van der Waals surface area contributed by atoms with Crippen molar-refractivity contribution in [2.24, 2.45) is 0 Å². The lowest BCUT2D eigenvalue weighted by molar-refractivity contribution is -0.143. The van der Waals surface area contributed by atoms with Crippen molar-refractivity contribution in [2.45, 2.75) is 32.2 Å². The van der Waals surface area contributed by atoms with Crippen molar-refractivity contribution in [3.63, 3.8) is 0 Å². The van der Waals surface area contributed by atoms with Crippen molar-refractivity contribution in [2.75, 3.05) is 4.72 Å². The Kier molecular flexibility index (Phi) is 4.69. The van der Waals surface area contributed by atoms with Crippen LogP contribution in [0.15, 0.2) is 28.8 Å². The zero-order chi connectivity index (χ0) is 17.3. The van der Waals surface area contributed by atoms with Gasteiger partial charge in [0.05, 0.1) is 5.75 Å². The lowest BCUT2D eigenvalue weighted by atomic mass is 10.2. The van der Waals surface area contributed by atoms with Crippen molar-refractivity contribution in [3.05, 3.63) is 46.6 Å². The first-order valence-corrected chi connectivity index (χ1v) is 8.39. The van der Waals surface area contributed by atoms with E-state index in [-0.39, 0.29) is 17.7 Å². The Labute approximate surface area is 131 Å². The minimum atomic E-state index is -4.70. The highest BCUT2D eigenvalue weighted by Gasteiger charge is 2.39. The molecule has 0 spiro atoms. The number of hydrogen-bond acceptors (Lipinski definition) is 4. The van der Waals surface area contributed by atoms with E-state index in [4.69, 9.17) is 0 Å². The van der Waals surface area contributed by atoms with Crippen molar-refractivity contribution >= 4 is 15.9 Å². The van der Waals surface area contributed by atoms with E-state index in [0.29, 0.717) is 5.56 Å². The molecule has 0 aliphatic heterocycles. The quantitative estimate of drug-likeness (QED) is 0.897. The summed E-state index contributed by atoms with van der Waals surface area (Å²) in [5.41, 5.74) is -0.0489. The van der Waals surface area contributed by atoms with Crippen LogP contribution in [-0.4, -0.2) is 13.6 Å². The smallest absolute Gasteiger partial charge is 0.337 e. The molecule has 0 bridgehead atoms. The summed E-state index contributed by atoms with van der Waals surface area (Å²) in [7, 11) is -3.92. The number of aromatic nitrogens is 1. The van der Waals surface area contributed by atoms with Crippen molar-refractivity contribution < 1.29 is 26.1 Å². The monoisotopic (exact) mass is 348 g/mol. The van der Waals surface area contributed by atoms with Gasteiger partial charge >= 0.3 is 6.18 Å². The van der Waals surface area contributed by atoms with Gasteiger partial charge in [-0.15, -0.1) is 0 Å². The maximum Gasteiger partial charge on any atom is 0.437 e. The molecule has 9 heteroatoms. The number of nitrogens with zero attached hydrogens (tertiary/aromatic N) is 1. The van der Waals surface area contributed by atoms with Gasteiger partial charge in [-0.25, -0.2) is 8.42 Å². The summed E-state index contributed by atoms with van der Waals surface area (Å²) in [6.45, 7) is 3.32. The normalized spacial score (nSPS) is 12.4. The molecular formula is C14H15F3N2O3S. The number of nitrogens with one attached hydrogen (secondary N) is 1. The Morgan fingerprint density at radius 2 is 1.83 bits per heavy atom. The zero-order valence-corrected chi connectivity index (χ0v) is 13.3. The van der Waals surface area contributed by atoms with Crippen LogP contribution >= 0.6 is 0 Å². The Bertz CT molecular complexity index is 781. The highest BCUT2D eigenvalue weighted by atomic mass is 32.2. The molecule has 5 nitrogen and oxygen atoms in total. The number of benzene rings is 1. The maximum atomic E-state index is 12.8. The van der Waals surface area contributed by atoms with Gasteiger partial charge in [0.1, 0.15) is 0 Å². The average molecular weight is 348 g/mol. The van der Waals surface area contributed by atoms with Gasteiger partial charge in [-0.2, -0.15) is 13.2 Å². The summed E-state index contributed by atoms with van der Waals surface area (Å²) in [5, 5.41) is 2.93. The first-order chi connectivity index (χ1) is 10.6. The van der Waals surface area contributed by atoms with E-state index < -0.39 is 27.8 Å². The minimum Gasteiger partial charge on any atom is -0.337 e. The highest BCUT2D eigenvalue weighted by Crippen LogP contribution is 2.35. The summed E-state index contributed by atoms with van der Waals surface area (Å²) in [6.07, 6.45) is -4.77. The third kappa shape index (κ3) is 4.25. The molecule has 2 aromatic rings. The van der Waals surface area contributed by atoms with Crippen molar-refractivity contribution in [1.82, 2.24) is 5.16 Å². The van der Waals surface area contributed by atoms with Gasteiger partial charge in [0, 0.05) is 5.56 Å². The minimum absolute atomic E-state index is 0.0687. The summed E-state index contributed by atoms with van der Waals surface area (Å²) >= 11 is 0. The first-order valence-electron chi connectivity index (χ1n) is 6.74. The number of hydrogen-bond donors (Lipinski definition) is 1. The molecule has 1 aromatic carbocycles. The van der Waals surface area contributed by atoms with Crippen LogP contribution in [-0.2, 0) is 28.4 Å². The van der Waals surface area contributed by atoms with Crippen LogP contribution in [0.1, 0.15) is 29.3 Å². The molecule has 1 N–H and O–H groups in total. The van der Waals surface area contributed by atoms with Crippen LogP contribution in [0.5, 0.6) is 0 Å². The second kappa shape index (κ2) is 6.23. The number of aryl methyl sites for hydroxylation is 1. The molecular weight excluding hydrogens is 333 g/mol. The number of halogens is 3. The molecule has 0 saturated heterocycles.